The van der Waals surface area contributed by atoms with E-state index in [1.165, 1.54) is 0 Å². The van der Waals surface area contributed by atoms with Gasteiger partial charge in [-0.1, -0.05) is 6.07 Å². The highest BCUT2D eigenvalue weighted by Gasteiger charge is 2.13. The van der Waals surface area contributed by atoms with E-state index in [9.17, 15) is 0 Å². The standard InChI is InChI=1S/C15H16N6O/c1-22-11-3-2-8-4-5-19-10(12(8)13(11)16)6-9-7-20-15(18)21-14(9)17/h2-5,7H,6,16H2,1H3,(H4,17,18,20,21). The average Bonchev–Trinajstić information content (AvgIpc) is 2.50. The highest BCUT2D eigenvalue weighted by molar-refractivity contribution is 5.97. The van der Waals surface area contributed by atoms with Crippen molar-refractivity contribution >= 4 is 28.2 Å². The molecule has 2 aromatic heterocycles. The fourth-order valence-electron chi connectivity index (χ4n) is 2.41. The molecule has 0 saturated carbocycles. The summed E-state index contributed by atoms with van der Waals surface area (Å²) in [5, 5.41) is 1.83. The zero-order chi connectivity index (χ0) is 15.7. The quantitative estimate of drug-likeness (QED) is 0.623. The van der Waals surface area contributed by atoms with E-state index >= 15 is 0 Å². The number of nitrogens with zero attached hydrogens (tertiary/aromatic N) is 3. The van der Waals surface area contributed by atoms with Gasteiger partial charge in [-0.25, -0.2) is 4.98 Å². The number of ether oxygens (including phenoxy) is 1. The van der Waals surface area contributed by atoms with E-state index in [1.807, 2.05) is 18.2 Å². The van der Waals surface area contributed by atoms with Gasteiger partial charge in [0.2, 0.25) is 5.95 Å². The van der Waals surface area contributed by atoms with E-state index in [4.69, 9.17) is 21.9 Å². The van der Waals surface area contributed by atoms with Crippen molar-refractivity contribution < 1.29 is 4.74 Å². The Labute approximate surface area is 127 Å². The molecule has 22 heavy (non-hydrogen) atoms. The van der Waals surface area contributed by atoms with Crippen LogP contribution in [0.4, 0.5) is 17.5 Å². The summed E-state index contributed by atoms with van der Waals surface area (Å²) in [6.45, 7) is 0. The molecule has 0 spiro atoms. The third-order valence-electron chi connectivity index (χ3n) is 3.51. The van der Waals surface area contributed by atoms with Crippen molar-refractivity contribution in [3.05, 3.63) is 41.9 Å². The lowest BCUT2D eigenvalue weighted by Crippen LogP contribution is -2.05. The molecule has 2 heterocycles. The van der Waals surface area contributed by atoms with Gasteiger partial charge >= 0.3 is 0 Å². The number of anilines is 3. The molecule has 3 rings (SSSR count). The Hall–Kier alpha value is -3.09. The first-order valence-corrected chi connectivity index (χ1v) is 6.67. The summed E-state index contributed by atoms with van der Waals surface area (Å²) in [5.41, 5.74) is 19.7. The maximum atomic E-state index is 6.20. The second-order valence-electron chi connectivity index (χ2n) is 4.85. The number of aromatic nitrogens is 3. The number of hydrogen-bond acceptors (Lipinski definition) is 7. The normalized spacial score (nSPS) is 10.8. The van der Waals surface area contributed by atoms with Crippen LogP contribution in [0.25, 0.3) is 10.8 Å². The maximum Gasteiger partial charge on any atom is 0.221 e. The van der Waals surface area contributed by atoms with Crippen molar-refractivity contribution in [2.75, 3.05) is 24.3 Å². The summed E-state index contributed by atoms with van der Waals surface area (Å²) in [5.74, 6) is 1.10. The summed E-state index contributed by atoms with van der Waals surface area (Å²) in [7, 11) is 1.58. The summed E-state index contributed by atoms with van der Waals surface area (Å²) < 4.78 is 5.28. The predicted molar refractivity (Wildman–Crippen MR) is 86.4 cm³/mol. The molecule has 0 aliphatic carbocycles. The van der Waals surface area contributed by atoms with Gasteiger partial charge in [0.15, 0.2) is 0 Å². The number of methoxy groups -OCH3 is 1. The van der Waals surface area contributed by atoms with Crippen molar-refractivity contribution in [2.45, 2.75) is 6.42 Å². The lowest BCUT2D eigenvalue weighted by molar-refractivity contribution is 0.417. The number of pyridine rings is 1. The topological polar surface area (TPSA) is 126 Å². The summed E-state index contributed by atoms with van der Waals surface area (Å²) in [4.78, 5) is 12.4. The number of fused-ring (bicyclic) bond motifs is 1. The lowest BCUT2D eigenvalue weighted by atomic mass is 10.0. The fourth-order valence-corrected chi connectivity index (χ4v) is 2.41. The molecule has 0 saturated heterocycles. The van der Waals surface area contributed by atoms with Crippen LogP contribution in [0, 0.1) is 0 Å². The van der Waals surface area contributed by atoms with Gasteiger partial charge in [-0.05, 0) is 17.5 Å². The van der Waals surface area contributed by atoms with Crippen molar-refractivity contribution in [1.29, 1.82) is 0 Å². The Morgan fingerprint density at radius 1 is 1.09 bits per heavy atom. The van der Waals surface area contributed by atoms with Crippen molar-refractivity contribution in [1.82, 2.24) is 15.0 Å². The zero-order valence-electron chi connectivity index (χ0n) is 12.1. The number of rotatable bonds is 3. The molecule has 3 aromatic rings. The third kappa shape index (κ3) is 2.32. The van der Waals surface area contributed by atoms with Gasteiger partial charge in [-0.2, -0.15) is 4.98 Å². The third-order valence-corrected chi connectivity index (χ3v) is 3.51. The van der Waals surface area contributed by atoms with E-state index in [2.05, 4.69) is 15.0 Å². The molecule has 0 atom stereocenters. The summed E-state index contributed by atoms with van der Waals surface area (Å²) >= 11 is 0. The Morgan fingerprint density at radius 3 is 2.64 bits per heavy atom. The molecule has 0 aliphatic rings. The van der Waals surface area contributed by atoms with Gasteiger partial charge in [0.1, 0.15) is 11.6 Å². The van der Waals surface area contributed by atoms with Gasteiger partial charge in [0, 0.05) is 29.8 Å². The molecule has 7 heteroatoms. The lowest BCUT2D eigenvalue weighted by Gasteiger charge is -2.12. The van der Waals surface area contributed by atoms with E-state index in [1.54, 1.807) is 19.5 Å². The minimum atomic E-state index is 0.147. The number of hydrogen-bond donors (Lipinski definition) is 3. The molecule has 0 bridgehead atoms. The SMILES string of the molecule is COc1ccc2ccnc(Cc3cnc(N)nc3N)c2c1N. The van der Waals surface area contributed by atoms with Crippen LogP contribution in [0.1, 0.15) is 11.3 Å². The molecular weight excluding hydrogens is 280 g/mol. The summed E-state index contributed by atoms with van der Waals surface area (Å²) in [6.07, 6.45) is 3.80. The Bertz CT molecular complexity index is 849. The van der Waals surface area contributed by atoms with Gasteiger partial charge < -0.3 is 21.9 Å². The molecule has 0 aliphatic heterocycles. The first-order chi connectivity index (χ1) is 10.6. The molecule has 112 valence electrons. The monoisotopic (exact) mass is 296 g/mol. The molecule has 0 fully saturated rings. The van der Waals surface area contributed by atoms with Crippen LogP contribution in [0.2, 0.25) is 0 Å². The van der Waals surface area contributed by atoms with Crippen LogP contribution in [0.15, 0.2) is 30.6 Å². The van der Waals surface area contributed by atoms with E-state index in [0.717, 1.165) is 22.0 Å². The molecule has 0 radical (unpaired) electrons. The summed E-state index contributed by atoms with van der Waals surface area (Å²) in [6, 6.07) is 5.68. The van der Waals surface area contributed by atoms with Crippen LogP contribution in [0.5, 0.6) is 5.75 Å². The first-order valence-electron chi connectivity index (χ1n) is 6.67. The van der Waals surface area contributed by atoms with Crippen LogP contribution in [-0.4, -0.2) is 22.1 Å². The van der Waals surface area contributed by atoms with E-state index in [0.29, 0.717) is 23.7 Å². The molecule has 1 aromatic carbocycles. The van der Waals surface area contributed by atoms with Crippen molar-refractivity contribution in [2.24, 2.45) is 0 Å². The van der Waals surface area contributed by atoms with E-state index in [-0.39, 0.29) is 5.95 Å². The van der Waals surface area contributed by atoms with Crippen LogP contribution >= 0.6 is 0 Å². The predicted octanol–water partition coefficient (Wildman–Crippen LogP) is 1.37. The van der Waals surface area contributed by atoms with Crippen molar-refractivity contribution in [3.8, 4) is 5.75 Å². The van der Waals surface area contributed by atoms with Gasteiger partial charge in [0.25, 0.3) is 0 Å². The Kier molecular flexibility index (Phi) is 3.38. The fraction of sp³-hybridized carbons (Fsp3) is 0.133. The second-order valence-corrected chi connectivity index (χ2v) is 4.85. The smallest absolute Gasteiger partial charge is 0.221 e. The molecular formula is C15H16N6O. The zero-order valence-corrected chi connectivity index (χ0v) is 12.1. The second kappa shape index (κ2) is 5.36. The van der Waals surface area contributed by atoms with Gasteiger partial charge in [-0.3, -0.25) is 4.98 Å². The maximum absolute atomic E-state index is 6.20. The minimum absolute atomic E-state index is 0.147. The van der Waals surface area contributed by atoms with Crippen LogP contribution in [0.3, 0.4) is 0 Å². The Morgan fingerprint density at radius 2 is 1.91 bits per heavy atom. The van der Waals surface area contributed by atoms with Crippen molar-refractivity contribution in [3.63, 3.8) is 0 Å². The highest BCUT2D eigenvalue weighted by Crippen LogP contribution is 2.33. The van der Waals surface area contributed by atoms with Gasteiger partial charge in [-0.15, -0.1) is 0 Å². The highest BCUT2D eigenvalue weighted by atomic mass is 16.5. The molecule has 0 unspecified atom stereocenters. The molecule has 6 N–H and O–H groups in total. The number of nitrogens with two attached hydrogens (primary N) is 3. The van der Waals surface area contributed by atoms with E-state index < -0.39 is 0 Å². The number of nitrogen functional groups attached to an aromatic ring is 3. The molecule has 0 amide bonds. The first kappa shape index (κ1) is 13.9. The number of benzene rings is 1. The van der Waals surface area contributed by atoms with Crippen LogP contribution in [-0.2, 0) is 6.42 Å². The minimum Gasteiger partial charge on any atom is -0.495 e. The van der Waals surface area contributed by atoms with Gasteiger partial charge in [0.05, 0.1) is 18.5 Å². The van der Waals surface area contributed by atoms with Crippen LogP contribution < -0.4 is 21.9 Å². The average molecular weight is 296 g/mol. The largest absolute Gasteiger partial charge is 0.495 e. The Balaban J connectivity index is 2.14. The molecule has 7 nitrogen and oxygen atoms in total.